The SMILES string of the molecule is CC(C)NC(=O)C(=O)N/N=C\c1cc(Cl)ccc1OCC(N)=O. The van der Waals surface area contributed by atoms with Gasteiger partial charge in [0.1, 0.15) is 5.75 Å². The number of halogens is 1. The molecule has 0 aliphatic carbocycles. The third-order valence-electron chi connectivity index (χ3n) is 2.34. The number of hydrazone groups is 1. The monoisotopic (exact) mass is 340 g/mol. The van der Waals surface area contributed by atoms with Crippen molar-refractivity contribution in [1.82, 2.24) is 10.7 Å². The second-order valence-corrected chi connectivity index (χ2v) is 5.20. The van der Waals surface area contributed by atoms with Crippen LogP contribution in [0.25, 0.3) is 0 Å². The average Bonchev–Trinajstić information content (AvgIpc) is 2.45. The lowest BCUT2D eigenvalue weighted by Crippen LogP contribution is -2.41. The molecule has 124 valence electrons. The van der Waals surface area contributed by atoms with Gasteiger partial charge in [0.2, 0.25) is 0 Å². The van der Waals surface area contributed by atoms with Gasteiger partial charge in [-0.15, -0.1) is 0 Å². The van der Waals surface area contributed by atoms with E-state index in [0.717, 1.165) is 0 Å². The average molecular weight is 341 g/mol. The van der Waals surface area contributed by atoms with E-state index in [1.807, 2.05) is 0 Å². The Bertz CT molecular complexity index is 631. The topological polar surface area (TPSA) is 123 Å². The summed E-state index contributed by atoms with van der Waals surface area (Å²) in [6.07, 6.45) is 1.24. The van der Waals surface area contributed by atoms with Crippen LogP contribution in [0.3, 0.4) is 0 Å². The molecule has 0 heterocycles. The zero-order chi connectivity index (χ0) is 17.4. The smallest absolute Gasteiger partial charge is 0.329 e. The van der Waals surface area contributed by atoms with Crippen LogP contribution in [0.2, 0.25) is 5.02 Å². The molecule has 23 heavy (non-hydrogen) atoms. The molecule has 0 aliphatic heterocycles. The molecule has 0 fully saturated rings. The van der Waals surface area contributed by atoms with Gasteiger partial charge in [-0.2, -0.15) is 5.10 Å². The number of rotatable bonds is 6. The summed E-state index contributed by atoms with van der Waals surface area (Å²) in [7, 11) is 0. The molecule has 0 spiro atoms. The summed E-state index contributed by atoms with van der Waals surface area (Å²) in [5.41, 5.74) is 7.49. The van der Waals surface area contributed by atoms with Crippen molar-refractivity contribution in [1.29, 1.82) is 0 Å². The maximum Gasteiger partial charge on any atom is 0.329 e. The van der Waals surface area contributed by atoms with Crippen LogP contribution in [0, 0.1) is 0 Å². The predicted molar refractivity (Wildman–Crippen MR) is 85.2 cm³/mol. The predicted octanol–water partition coefficient (Wildman–Crippen LogP) is 0.179. The van der Waals surface area contributed by atoms with Gasteiger partial charge in [0.05, 0.1) is 6.21 Å². The van der Waals surface area contributed by atoms with Gasteiger partial charge in [0, 0.05) is 16.6 Å². The molecule has 0 aliphatic rings. The molecule has 1 rings (SSSR count). The van der Waals surface area contributed by atoms with E-state index in [0.29, 0.717) is 16.3 Å². The number of ether oxygens (including phenoxy) is 1. The number of carbonyl (C=O) groups excluding carboxylic acids is 3. The minimum atomic E-state index is -0.906. The Morgan fingerprint density at radius 2 is 2.04 bits per heavy atom. The van der Waals surface area contributed by atoms with Gasteiger partial charge in [-0.1, -0.05) is 11.6 Å². The lowest BCUT2D eigenvalue weighted by atomic mass is 10.2. The van der Waals surface area contributed by atoms with Crippen LogP contribution in [-0.4, -0.2) is 36.6 Å². The quantitative estimate of drug-likeness (QED) is 0.388. The first-order valence-corrected chi connectivity index (χ1v) is 7.02. The number of benzene rings is 1. The summed E-state index contributed by atoms with van der Waals surface area (Å²) in [5.74, 6) is -2.04. The van der Waals surface area contributed by atoms with Gasteiger partial charge in [-0.25, -0.2) is 5.43 Å². The lowest BCUT2D eigenvalue weighted by molar-refractivity contribution is -0.139. The van der Waals surface area contributed by atoms with E-state index in [1.54, 1.807) is 19.9 Å². The van der Waals surface area contributed by atoms with E-state index in [1.165, 1.54) is 18.3 Å². The summed E-state index contributed by atoms with van der Waals surface area (Å²) >= 11 is 5.87. The fraction of sp³-hybridized carbons (Fsp3) is 0.286. The van der Waals surface area contributed by atoms with Crippen molar-refractivity contribution < 1.29 is 19.1 Å². The molecule has 0 aromatic heterocycles. The van der Waals surface area contributed by atoms with Crippen molar-refractivity contribution in [2.75, 3.05) is 6.61 Å². The van der Waals surface area contributed by atoms with Crippen LogP contribution in [0.15, 0.2) is 23.3 Å². The maximum atomic E-state index is 11.5. The largest absolute Gasteiger partial charge is 0.483 e. The standard InChI is InChI=1S/C14H17ClN4O4/c1-8(2)18-13(21)14(22)19-17-6-9-5-10(15)3-4-11(9)23-7-12(16)20/h3-6,8H,7H2,1-2H3,(H2,16,20)(H,18,21)(H,19,22)/b17-6-. The van der Waals surface area contributed by atoms with Crippen LogP contribution in [0.5, 0.6) is 5.75 Å². The Morgan fingerprint density at radius 3 is 2.65 bits per heavy atom. The summed E-state index contributed by atoms with van der Waals surface area (Å²) in [6.45, 7) is 3.14. The molecule has 0 saturated carbocycles. The number of amides is 3. The molecule has 0 bridgehead atoms. The molecule has 1 aromatic rings. The van der Waals surface area contributed by atoms with Crippen LogP contribution in [-0.2, 0) is 14.4 Å². The molecular formula is C14H17ClN4O4. The zero-order valence-electron chi connectivity index (χ0n) is 12.6. The highest BCUT2D eigenvalue weighted by molar-refractivity contribution is 6.35. The van der Waals surface area contributed by atoms with E-state index in [2.05, 4.69) is 15.8 Å². The van der Waals surface area contributed by atoms with Crippen molar-refractivity contribution in [3.63, 3.8) is 0 Å². The van der Waals surface area contributed by atoms with E-state index in [4.69, 9.17) is 22.1 Å². The first-order valence-electron chi connectivity index (χ1n) is 6.64. The Labute approximate surface area is 138 Å². The summed E-state index contributed by atoms with van der Waals surface area (Å²) in [4.78, 5) is 33.6. The minimum Gasteiger partial charge on any atom is -0.483 e. The first-order chi connectivity index (χ1) is 10.8. The van der Waals surface area contributed by atoms with Crippen molar-refractivity contribution in [3.05, 3.63) is 28.8 Å². The fourth-order valence-corrected chi connectivity index (χ4v) is 1.62. The van der Waals surface area contributed by atoms with E-state index < -0.39 is 17.7 Å². The van der Waals surface area contributed by atoms with Crippen molar-refractivity contribution >= 4 is 35.5 Å². The highest BCUT2D eigenvalue weighted by Crippen LogP contribution is 2.21. The number of nitrogens with two attached hydrogens (primary N) is 1. The summed E-state index contributed by atoms with van der Waals surface area (Å²) in [5, 5.41) is 6.49. The fourth-order valence-electron chi connectivity index (χ4n) is 1.44. The molecule has 4 N–H and O–H groups in total. The van der Waals surface area contributed by atoms with Gasteiger partial charge in [-0.3, -0.25) is 14.4 Å². The third kappa shape index (κ3) is 6.79. The number of nitrogens with zero attached hydrogens (tertiary/aromatic N) is 1. The molecule has 0 radical (unpaired) electrons. The van der Waals surface area contributed by atoms with Crippen LogP contribution in [0.1, 0.15) is 19.4 Å². The normalized spacial score (nSPS) is 10.6. The number of hydrogen-bond acceptors (Lipinski definition) is 5. The number of hydrogen-bond donors (Lipinski definition) is 3. The van der Waals surface area contributed by atoms with Crippen molar-refractivity contribution in [3.8, 4) is 5.75 Å². The Morgan fingerprint density at radius 1 is 1.35 bits per heavy atom. The van der Waals surface area contributed by atoms with Gasteiger partial charge in [0.15, 0.2) is 6.61 Å². The van der Waals surface area contributed by atoms with Crippen molar-refractivity contribution in [2.24, 2.45) is 10.8 Å². The molecule has 3 amide bonds. The minimum absolute atomic E-state index is 0.168. The number of carbonyl (C=O) groups is 3. The molecule has 8 nitrogen and oxygen atoms in total. The maximum absolute atomic E-state index is 11.5. The summed E-state index contributed by atoms with van der Waals surface area (Å²) in [6, 6.07) is 4.44. The molecule has 0 atom stereocenters. The van der Waals surface area contributed by atoms with Gasteiger partial charge >= 0.3 is 11.8 Å². The summed E-state index contributed by atoms with van der Waals surface area (Å²) < 4.78 is 5.19. The Hall–Kier alpha value is -2.61. The van der Waals surface area contributed by atoms with Crippen LogP contribution >= 0.6 is 11.6 Å². The Kier molecular flexibility index (Phi) is 7.01. The van der Waals surface area contributed by atoms with Crippen LogP contribution in [0.4, 0.5) is 0 Å². The number of nitrogens with one attached hydrogen (secondary N) is 2. The molecular weight excluding hydrogens is 324 g/mol. The second kappa shape index (κ2) is 8.74. The lowest BCUT2D eigenvalue weighted by Gasteiger charge is -2.08. The third-order valence-corrected chi connectivity index (χ3v) is 2.57. The van der Waals surface area contributed by atoms with Gasteiger partial charge in [-0.05, 0) is 32.0 Å². The highest BCUT2D eigenvalue weighted by atomic mass is 35.5. The first kappa shape index (κ1) is 18.4. The molecule has 1 aromatic carbocycles. The van der Waals surface area contributed by atoms with Gasteiger partial charge < -0.3 is 15.8 Å². The van der Waals surface area contributed by atoms with Gasteiger partial charge in [0.25, 0.3) is 5.91 Å². The van der Waals surface area contributed by atoms with E-state index in [-0.39, 0.29) is 12.6 Å². The highest BCUT2D eigenvalue weighted by Gasteiger charge is 2.13. The van der Waals surface area contributed by atoms with E-state index >= 15 is 0 Å². The molecule has 0 unspecified atom stereocenters. The molecule has 9 heteroatoms. The Balaban J connectivity index is 2.75. The van der Waals surface area contributed by atoms with Crippen molar-refractivity contribution in [2.45, 2.75) is 19.9 Å². The van der Waals surface area contributed by atoms with E-state index in [9.17, 15) is 14.4 Å². The number of primary amides is 1. The molecule has 0 saturated heterocycles. The second-order valence-electron chi connectivity index (χ2n) is 4.76. The zero-order valence-corrected chi connectivity index (χ0v) is 13.4. The van der Waals surface area contributed by atoms with Crippen LogP contribution < -0.4 is 21.2 Å².